The summed E-state index contributed by atoms with van der Waals surface area (Å²) in [6, 6.07) is 8.10. The molecule has 3 heteroatoms. The van der Waals surface area contributed by atoms with Crippen LogP contribution < -0.4 is 10.6 Å². The number of hydrogen-bond acceptors (Lipinski definition) is 2. The van der Waals surface area contributed by atoms with Gasteiger partial charge in [-0.15, -0.1) is 0 Å². The normalized spacial score (nSPS) is 10.7. The first kappa shape index (κ1) is 14.7. The third kappa shape index (κ3) is 3.84. The highest BCUT2D eigenvalue weighted by Gasteiger charge is 2.18. The summed E-state index contributed by atoms with van der Waals surface area (Å²) in [5.74, 6) is 0.201. The Morgan fingerprint density at radius 1 is 1.28 bits per heavy atom. The second-order valence-corrected chi connectivity index (χ2v) is 4.83. The van der Waals surface area contributed by atoms with E-state index in [2.05, 4.69) is 6.92 Å². The van der Waals surface area contributed by atoms with Crippen LogP contribution in [0.1, 0.15) is 45.6 Å². The Balaban J connectivity index is 2.86. The van der Waals surface area contributed by atoms with E-state index in [-0.39, 0.29) is 11.9 Å². The zero-order valence-corrected chi connectivity index (χ0v) is 11.6. The predicted molar refractivity (Wildman–Crippen MR) is 76.5 cm³/mol. The van der Waals surface area contributed by atoms with Crippen molar-refractivity contribution in [2.24, 2.45) is 5.73 Å². The Morgan fingerprint density at radius 2 is 1.89 bits per heavy atom. The van der Waals surface area contributed by atoms with Crippen molar-refractivity contribution in [1.29, 1.82) is 0 Å². The van der Waals surface area contributed by atoms with E-state index < -0.39 is 0 Å². The van der Waals surface area contributed by atoms with Crippen LogP contribution in [0.3, 0.4) is 0 Å². The second kappa shape index (κ2) is 7.17. The highest BCUT2D eigenvalue weighted by molar-refractivity contribution is 5.93. The van der Waals surface area contributed by atoms with Crippen molar-refractivity contribution in [2.45, 2.75) is 52.6 Å². The maximum atomic E-state index is 12.2. The SMILES string of the molecule is CCCCC(=O)N(c1ccc(CN)cc1)C(C)C. The Kier molecular flexibility index (Phi) is 5.86. The van der Waals surface area contributed by atoms with Gasteiger partial charge in [-0.2, -0.15) is 0 Å². The fraction of sp³-hybridized carbons (Fsp3) is 0.533. The minimum absolute atomic E-state index is 0.179. The summed E-state index contributed by atoms with van der Waals surface area (Å²) in [7, 11) is 0. The van der Waals surface area contributed by atoms with Crippen LogP contribution in [0.25, 0.3) is 0 Å². The summed E-state index contributed by atoms with van der Waals surface area (Å²) in [6.07, 6.45) is 2.61. The van der Waals surface area contributed by atoms with Crippen molar-refractivity contribution in [1.82, 2.24) is 0 Å². The smallest absolute Gasteiger partial charge is 0.227 e. The van der Waals surface area contributed by atoms with E-state index in [0.717, 1.165) is 24.1 Å². The van der Waals surface area contributed by atoms with Gasteiger partial charge in [-0.1, -0.05) is 25.5 Å². The maximum absolute atomic E-state index is 12.2. The summed E-state index contributed by atoms with van der Waals surface area (Å²) in [4.78, 5) is 14.1. The number of anilines is 1. The third-order valence-electron chi connectivity index (χ3n) is 2.98. The molecular formula is C15H24N2O. The molecule has 0 aliphatic rings. The molecule has 18 heavy (non-hydrogen) atoms. The van der Waals surface area contributed by atoms with E-state index >= 15 is 0 Å². The van der Waals surface area contributed by atoms with Gasteiger partial charge in [-0.3, -0.25) is 4.79 Å². The molecule has 0 heterocycles. The zero-order valence-electron chi connectivity index (χ0n) is 11.6. The molecule has 1 amide bonds. The fourth-order valence-corrected chi connectivity index (χ4v) is 1.97. The number of carbonyl (C=O) groups is 1. The fourth-order valence-electron chi connectivity index (χ4n) is 1.97. The molecule has 0 bridgehead atoms. The number of nitrogens with two attached hydrogens (primary N) is 1. The monoisotopic (exact) mass is 248 g/mol. The Morgan fingerprint density at radius 3 is 2.33 bits per heavy atom. The largest absolute Gasteiger partial charge is 0.326 e. The topological polar surface area (TPSA) is 46.3 Å². The number of rotatable bonds is 6. The van der Waals surface area contributed by atoms with Gasteiger partial charge in [0.1, 0.15) is 0 Å². The van der Waals surface area contributed by atoms with Crippen LogP contribution in [0.5, 0.6) is 0 Å². The minimum atomic E-state index is 0.179. The van der Waals surface area contributed by atoms with Crippen LogP contribution in [0.15, 0.2) is 24.3 Å². The first-order valence-electron chi connectivity index (χ1n) is 6.71. The standard InChI is InChI=1S/C15H24N2O/c1-4-5-6-15(18)17(12(2)3)14-9-7-13(11-16)8-10-14/h7-10,12H,4-6,11,16H2,1-3H3. The molecule has 1 rings (SSSR count). The Bertz CT molecular complexity index is 371. The number of hydrogen-bond donors (Lipinski definition) is 1. The lowest BCUT2D eigenvalue weighted by molar-refractivity contribution is -0.119. The van der Waals surface area contributed by atoms with Crippen LogP contribution >= 0.6 is 0 Å². The molecule has 0 aliphatic heterocycles. The molecule has 0 fully saturated rings. The van der Waals surface area contributed by atoms with Crippen LogP contribution in [0.2, 0.25) is 0 Å². The van der Waals surface area contributed by atoms with Gasteiger partial charge >= 0.3 is 0 Å². The van der Waals surface area contributed by atoms with Gasteiger partial charge in [-0.25, -0.2) is 0 Å². The average molecular weight is 248 g/mol. The molecule has 2 N–H and O–H groups in total. The Labute approximate surface area is 110 Å². The average Bonchev–Trinajstić information content (AvgIpc) is 2.37. The molecule has 0 saturated carbocycles. The van der Waals surface area contributed by atoms with Crippen molar-refractivity contribution in [2.75, 3.05) is 4.90 Å². The van der Waals surface area contributed by atoms with E-state index in [1.165, 1.54) is 0 Å². The van der Waals surface area contributed by atoms with E-state index in [4.69, 9.17) is 5.73 Å². The third-order valence-corrected chi connectivity index (χ3v) is 2.98. The van der Waals surface area contributed by atoms with Gasteiger partial charge in [0.05, 0.1) is 0 Å². The van der Waals surface area contributed by atoms with Crippen LogP contribution in [-0.4, -0.2) is 11.9 Å². The predicted octanol–water partition coefficient (Wildman–Crippen LogP) is 3.08. The van der Waals surface area contributed by atoms with E-state index in [1.54, 1.807) is 0 Å². The zero-order chi connectivity index (χ0) is 13.5. The molecule has 1 aromatic carbocycles. The molecule has 0 unspecified atom stereocenters. The molecule has 3 nitrogen and oxygen atoms in total. The first-order chi connectivity index (χ1) is 8.60. The minimum Gasteiger partial charge on any atom is -0.326 e. The molecule has 0 aliphatic carbocycles. The van der Waals surface area contributed by atoms with Gasteiger partial charge in [0, 0.05) is 24.7 Å². The quantitative estimate of drug-likeness (QED) is 0.841. The highest BCUT2D eigenvalue weighted by Crippen LogP contribution is 2.19. The van der Waals surface area contributed by atoms with Gasteiger partial charge in [0.25, 0.3) is 0 Å². The maximum Gasteiger partial charge on any atom is 0.227 e. The van der Waals surface area contributed by atoms with E-state index in [0.29, 0.717) is 13.0 Å². The molecule has 0 atom stereocenters. The molecule has 0 saturated heterocycles. The van der Waals surface area contributed by atoms with Gasteiger partial charge in [0.2, 0.25) is 5.91 Å². The van der Waals surface area contributed by atoms with Crippen LogP contribution in [0.4, 0.5) is 5.69 Å². The number of carbonyl (C=O) groups excluding carboxylic acids is 1. The van der Waals surface area contributed by atoms with Gasteiger partial charge < -0.3 is 10.6 Å². The summed E-state index contributed by atoms with van der Waals surface area (Å²) in [6.45, 7) is 6.72. The summed E-state index contributed by atoms with van der Waals surface area (Å²) in [5.41, 5.74) is 7.63. The molecule has 100 valence electrons. The molecule has 1 aromatic rings. The first-order valence-corrected chi connectivity index (χ1v) is 6.71. The number of amides is 1. The molecule has 0 spiro atoms. The second-order valence-electron chi connectivity index (χ2n) is 4.83. The number of unbranched alkanes of at least 4 members (excludes halogenated alkanes) is 1. The van der Waals surface area contributed by atoms with Crippen LogP contribution in [0, 0.1) is 0 Å². The lowest BCUT2D eigenvalue weighted by Gasteiger charge is -2.27. The number of benzene rings is 1. The van der Waals surface area contributed by atoms with E-state index in [1.807, 2.05) is 43.0 Å². The highest BCUT2D eigenvalue weighted by atomic mass is 16.2. The van der Waals surface area contributed by atoms with Crippen molar-refractivity contribution in [3.8, 4) is 0 Å². The molecule has 0 aromatic heterocycles. The van der Waals surface area contributed by atoms with Crippen molar-refractivity contribution in [3.05, 3.63) is 29.8 Å². The summed E-state index contributed by atoms with van der Waals surface area (Å²) >= 11 is 0. The lowest BCUT2D eigenvalue weighted by Crippen LogP contribution is -2.36. The van der Waals surface area contributed by atoms with Crippen LogP contribution in [-0.2, 0) is 11.3 Å². The number of nitrogens with zero attached hydrogens (tertiary/aromatic N) is 1. The Hall–Kier alpha value is -1.35. The summed E-state index contributed by atoms with van der Waals surface area (Å²) in [5, 5.41) is 0. The van der Waals surface area contributed by atoms with Crippen molar-refractivity contribution >= 4 is 11.6 Å². The molecule has 0 radical (unpaired) electrons. The van der Waals surface area contributed by atoms with Gasteiger partial charge in [0.15, 0.2) is 0 Å². The van der Waals surface area contributed by atoms with E-state index in [9.17, 15) is 4.79 Å². The summed E-state index contributed by atoms with van der Waals surface area (Å²) < 4.78 is 0. The van der Waals surface area contributed by atoms with Crippen molar-refractivity contribution in [3.63, 3.8) is 0 Å². The molecular weight excluding hydrogens is 224 g/mol. The lowest BCUT2D eigenvalue weighted by atomic mass is 10.1. The van der Waals surface area contributed by atoms with Gasteiger partial charge in [-0.05, 0) is 38.0 Å². The van der Waals surface area contributed by atoms with Crippen molar-refractivity contribution < 1.29 is 4.79 Å².